The molecule has 2 N–H and O–H groups in total. The van der Waals surface area contributed by atoms with Gasteiger partial charge < -0.3 is 10.6 Å². The minimum absolute atomic E-state index is 0.0329. The van der Waals surface area contributed by atoms with Crippen molar-refractivity contribution in [1.82, 2.24) is 20.2 Å². The van der Waals surface area contributed by atoms with Gasteiger partial charge in [-0.15, -0.1) is 5.10 Å². The number of nitrogens with zero attached hydrogens (tertiary/aromatic N) is 4. The fraction of sp³-hybridized carbons (Fsp3) is 0.0667. The Kier molecular flexibility index (Phi) is 4.58. The van der Waals surface area contributed by atoms with E-state index in [1.807, 2.05) is 18.2 Å². The van der Waals surface area contributed by atoms with Gasteiger partial charge in [-0.25, -0.2) is 4.39 Å². The van der Waals surface area contributed by atoms with E-state index in [0.717, 1.165) is 5.69 Å². The Bertz CT molecular complexity index is 799. The van der Waals surface area contributed by atoms with Gasteiger partial charge in [0.2, 0.25) is 5.95 Å². The van der Waals surface area contributed by atoms with Crippen LogP contribution in [0, 0.1) is 5.82 Å². The van der Waals surface area contributed by atoms with Crippen LogP contribution in [0.25, 0.3) is 0 Å². The molecule has 23 heavy (non-hydrogen) atoms. The molecule has 2 aromatic heterocycles. The van der Waals surface area contributed by atoms with Gasteiger partial charge in [0.25, 0.3) is 0 Å². The molecule has 0 aliphatic heterocycles. The lowest BCUT2D eigenvalue weighted by Crippen LogP contribution is -2.07. The summed E-state index contributed by atoms with van der Waals surface area (Å²) in [6, 6.07) is 9.95. The van der Waals surface area contributed by atoms with Crippen molar-refractivity contribution in [1.29, 1.82) is 0 Å². The summed E-state index contributed by atoms with van der Waals surface area (Å²) in [5, 5.41) is 13.8. The van der Waals surface area contributed by atoms with Gasteiger partial charge in [-0.05, 0) is 30.3 Å². The van der Waals surface area contributed by atoms with Gasteiger partial charge in [-0.1, -0.05) is 17.7 Å². The molecule has 0 unspecified atom stereocenters. The number of benzene rings is 1. The summed E-state index contributed by atoms with van der Waals surface area (Å²) in [5.41, 5.74) is 1.47. The molecule has 0 radical (unpaired) electrons. The van der Waals surface area contributed by atoms with Gasteiger partial charge in [0.1, 0.15) is 5.82 Å². The second kappa shape index (κ2) is 6.97. The molecule has 3 rings (SSSR count). The zero-order chi connectivity index (χ0) is 16.1. The van der Waals surface area contributed by atoms with Crippen LogP contribution in [0.5, 0.6) is 0 Å². The van der Waals surface area contributed by atoms with Crippen molar-refractivity contribution in [2.75, 3.05) is 10.6 Å². The monoisotopic (exact) mass is 330 g/mol. The summed E-state index contributed by atoms with van der Waals surface area (Å²) in [7, 11) is 0. The Morgan fingerprint density at radius 1 is 1.17 bits per heavy atom. The molecule has 3 aromatic rings. The molecule has 6 nitrogen and oxygen atoms in total. The second-order valence-corrected chi connectivity index (χ2v) is 5.00. The SMILES string of the molecule is Fc1ccc(Nc2cnnc(NCc3ccccn3)n2)cc1Cl. The van der Waals surface area contributed by atoms with Gasteiger partial charge in [0, 0.05) is 11.9 Å². The maximum absolute atomic E-state index is 13.1. The predicted octanol–water partition coefficient (Wildman–Crippen LogP) is 3.41. The van der Waals surface area contributed by atoms with E-state index in [9.17, 15) is 4.39 Å². The van der Waals surface area contributed by atoms with Gasteiger partial charge in [-0.2, -0.15) is 10.1 Å². The minimum Gasteiger partial charge on any atom is -0.347 e. The lowest BCUT2D eigenvalue weighted by atomic mass is 10.3. The number of hydrogen-bond donors (Lipinski definition) is 2. The molecule has 0 aliphatic rings. The van der Waals surface area contributed by atoms with Crippen LogP contribution < -0.4 is 10.6 Å². The topological polar surface area (TPSA) is 75.6 Å². The minimum atomic E-state index is -0.476. The number of aromatic nitrogens is 4. The van der Waals surface area contributed by atoms with E-state index >= 15 is 0 Å². The molecule has 0 amide bonds. The standard InChI is InChI=1S/C15H12ClFN6/c16-12-7-10(4-5-13(12)17)21-14-9-20-23-15(22-14)19-8-11-3-1-2-6-18-11/h1-7,9H,8H2,(H2,19,21,22,23). The molecule has 0 atom stereocenters. The van der Waals surface area contributed by atoms with E-state index in [1.165, 1.54) is 18.3 Å². The highest BCUT2D eigenvalue weighted by Gasteiger charge is 2.04. The molecule has 8 heteroatoms. The summed E-state index contributed by atoms with van der Waals surface area (Å²) in [6.45, 7) is 0.481. The van der Waals surface area contributed by atoms with Gasteiger partial charge in [0.15, 0.2) is 5.82 Å². The van der Waals surface area contributed by atoms with Crippen LogP contribution in [-0.4, -0.2) is 20.2 Å². The number of pyridine rings is 1. The van der Waals surface area contributed by atoms with Crippen LogP contribution >= 0.6 is 11.6 Å². The molecular formula is C15H12ClFN6. The number of anilines is 3. The van der Waals surface area contributed by atoms with Gasteiger partial charge in [0.05, 0.1) is 23.5 Å². The first kappa shape index (κ1) is 15.1. The van der Waals surface area contributed by atoms with Crippen molar-refractivity contribution in [3.05, 3.63) is 65.3 Å². The van der Waals surface area contributed by atoms with Crippen LogP contribution in [0.1, 0.15) is 5.69 Å². The van der Waals surface area contributed by atoms with Crippen LogP contribution in [0.4, 0.5) is 21.8 Å². The zero-order valence-electron chi connectivity index (χ0n) is 11.9. The van der Waals surface area contributed by atoms with Crippen LogP contribution in [-0.2, 0) is 6.54 Å². The number of hydrogen-bond acceptors (Lipinski definition) is 6. The number of halogens is 2. The number of nitrogens with one attached hydrogen (secondary N) is 2. The summed E-state index contributed by atoms with van der Waals surface area (Å²) < 4.78 is 13.1. The van der Waals surface area contributed by atoms with E-state index in [2.05, 4.69) is 30.8 Å². The van der Waals surface area contributed by atoms with Crippen molar-refractivity contribution >= 4 is 29.1 Å². The molecule has 0 saturated carbocycles. The quantitative estimate of drug-likeness (QED) is 0.746. The van der Waals surface area contributed by atoms with Crippen LogP contribution in [0.2, 0.25) is 5.02 Å². The molecule has 2 heterocycles. The molecule has 0 aliphatic carbocycles. The van der Waals surface area contributed by atoms with Crippen molar-refractivity contribution in [2.24, 2.45) is 0 Å². The highest BCUT2D eigenvalue weighted by molar-refractivity contribution is 6.31. The lowest BCUT2D eigenvalue weighted by molar-refractivity contribution is 0.628. The largest absolute Gasteiger partial charge is 0.347 e. The molecule has 0 saturated heterocycles. The Morgan fingerprint density at radius 2 is 2.09 bits per heavy atom. The summed E-state index contributed by atoms with van der Waals surface area (Å²) in [6.07, 6.45) is 3.18. The average molecular weight is 331 g/mol. The summed E-state index contributed by atoms with van der Waals surface area (Å²) >= 11 is 5.75. The Balaban J connectivity index is 1.68. The first-order valence-electron chi connectivity index (χ1n) is 6.76. The zero-order valence-corrected chi connectivity index (χ0v) is 12.6. The van der Waals surface area contributed by atoms with E-state index < -0.39 is 5.82 Å². The summed E-state index contributed by atoms with van der Waals surface area (Å²) in [4.78, 5) is 8.47. The van der Waals surface area contributed by atoms with Crippen LogP contribution in [0.3, 0.4) is 0 Å². The van der Waals surface area contributed by atoms with Crippen molar-refractivity contribution in [3.63, 3.8) is 0 Å². The normalized spacial score (nSPS) is 10.3. The Hall–Kier alpha value is -2.80. The highest BCUT2D eigenvalue weighted by Crippen LogP contribution is 2.21. The van der Waals surface area contributed by atoms with E-state index in [0.29, 0.717) is 24.0 Å². The van der Waals surface area contributed by atoms with Gasteiger partial charge >= 0.3 is 0 Å². The molecule has 0 bridgehead atoms. The fourth-order valence-corrected chi connectivity index (χ4v) is 2.01. The van der Waals surface area contributed by atoms with Crippen LogP contribution in [0.15, 0.2) is 48.8 Å². The molecule has 0 fully saturated rings. The Labute approximate surface area is 136 Å². The lowest BCUT2D eigenvalue weighted by Gasteiger charge is -2.08. The Morgan fingerprint density at radius 3 is 2.87 bits per heavy atom. The fourth-order valence-electron chi connectivity index (χ4n) is 1.83. The molecular weight excluding hydrogens is 319 g/mol. The smallest absolute Gasteiger partial charge is 0.245 e. The first-order valence-corrected chi connectivity index (χ1v) is 7.14. The summed E-state index contributed by atoms with van der Waals surface area (Å²) in [5.74, 6) is 0.343. The molecule has 0 spiro atoms. The predicted molar refractivity (Wildman–Crippen MR) is 86.1 cm³/mol. The van der Waals surface area contributed by atoms with E-state index in [1.54, 1.807) is 12.3 Å². The average Bonchev–Trinajstić information content (AvgIpc) is 2.58. The van der Waals surface area contributed by atoms with Crippen molar-refractivity contribution < 1.29 is 4.39 Å². The van der Waals surface area contributed by atoms with E-state index in [4.69, 9.17) is 11.6 Å². The van der Waals surface area contributed by atoms with Gasteiger partial charge in [-0.3, -0.25) is 4.98 Å². The molecule has 1 aromatic carbocycles. The number of rotatable bonds is 5. The highest BCUT2D eigenvalue weighted by atomic mass is 35.5. The van der Waals surface area contributed by atoms with Crippen molar-refractivity contribution in [3.8, 4) is 0 Å². The second-order valence-electron chi connectivity index (χ2n) is 4.59. The maximum atomic E-state index is 13.1. The van der Waals surface area contributed by atoms with E-state index in [-0.39, 0.29) is 5.02 Å². The van der Waals surface area contributed by atoms with Crippen molar-refractivity contribution in [2.45, 2.75) is 6.54 Å². The third kappa shape index (κ3) is 4.10. The maximum Gasteiger partial charge on any atom is 0.245 e. The molecule has 116 valence electrons. The third-order valence-electron chi connectivity index (χ3n) is 2.90. The first-order chi connectivity index (χ1) is 11.2. The third-order valence-corrected chi connectivity index (χ3v) is 3.19.